The molecule has 0 aromatic rings. The van der Waals surface area contributed by atoms with Crippen LogP contribution in [0, 0.1) is 0 Å². The van der Waals surface area contributed by atoms with E-state index in [1.807, 2.05) is 20.8 Å². The van der Waals surface area contributed by atoms with Gasteiger partial charge in [0.15, 0.2) is 15.3 Å². The summed E-state index contributed by atoms with van der Waals surface area (Å²) in [6, 6.07) is 0.0154. The van der Waals surface area contributed by atoms with Crippen molar-refractivity contribution in [3.05, 3.63) is 0 Å². The summed E-state index contributed by atoms with van der Waals surface area (Å²) in [4.78, 5) is 11.2. The minimum Gasteiger partial charge on any atom is -0.395 e. The zero-order chi connectivity index (χ0) is 12.3. The highest BCUT2D eigenvalue weighted by Crippen LogP contribution is 2.20. The summed E-state index contributed by atoms with van der Waals surface area (Å²) in [6.07, 6.45) is 1.09. The molecule has 0 bridgehead atoms. The molecule has 1 aliphatic rings. The maximum absolute atomic E-state index is 11.2. The van der Waals surface area contributed by atoms with Crippen LogP contribution in [-0.2, 0) is 14.0 Å². The van der Waals surface area contributed by atoms with Crippen LogP contribution in [0.3, 0.4) is 0 Å². The predicted molar refractivity (Wildman–Crippen MR) is 65.8 cm³/mol. The van der Waals surface area contributed by atoms with E-state index in [-0.39, 0.29) is 23.8 Å². The second-order valence-electron chi connectivity index (χ2n) is 5.50. The minimum absolute atomic E-state index is 0.0154. The van der Waals surface area contributed by atoms with E-state index in [4.69, 9.17) is 9.16 Å². The normalized spacial score (nSPS) is 23.6. The number of carbonyl (C=O) groups is 1. The van der Waals surface area contributed by atoms with Crippen LogP contribution in [0.25, 0.3) is 0 Å². The first kappa shape index (κ1) is 13.7. The molecule has 0 aromatic carbocycles. The Kier molecular flexibility index (Phi) is 4.52. The van der Waals surface area contributed by atoms with Crippen molar-refractivity contribution in [3.63, 3.8) is 0 Å². The number of carbonyl (C=O) groups excluding carboxylic acids is 1. The Morgan fingerprint density at radius 3 is 2.44 bits per heavy atom. The van der Waals surface area contributed by atoms with Crippen LogP contribution in [0.4, 0.5) is 0 Å². The Morgan fingerprint density at radius 2 is 2.06 bits per heavy atom. The Labute approximate surface area is 99.4 Å². The van der Waals surface area contributed by atoms with Crippen molar-refractivity contribution in [2.45, 2.75) is 64.6 Å². The van der Waals surface area contributed by atoms with E-state index >= 15 is 0 Å². The smallest absolute Gasteiger partial charge is 0.220 e. The van der Waals surface area contributed by atoms with Gasteiger partial charge in [-0.1, -0.05) is 0 Å². The van der Waals surface area contributed by atoms with Gasteiger partial charge in [0.05, 0.1) is 11.6 Å². The average molecular weight is 245 g/mol. The van der Waals surface area contributed by atoms with Gasteiger partial charge in [0, 0.05) is 6.42 Å². The molecule has 1 N–H and O–H groups in total. The van der Waals surface area contributed by atoms with Gasteiger partial charge in [0.2, 0.25) is 5.91 Å². The van der Waals surface area contributed by atoms with Crippen LogP contribution >= 0.6 is 0 Å². The maximum Gasteiger partial charge on any atom is 0.220 e. The summed E-state index contributed by atoms with van der Waals surface area (Å²) in [6.45, 7) is 10.2. The molecule has 1 saturated heterocycles. The van der Waals surface area contributed by atoms with Crippen molar-refractivity contribution >= 4 is 14.9 Å². The standard InChI is InChI=1S/C11H23NO3Si/c1-11(2,3)14-10(15-16(4)5)8-6-7-9(13)12-8/h8,10,16H,6-7H2,1-5H3,(H,12,13)/t8-,10?/m1/s1. The molecule has 94 valence electrons. The highest BCUT2D eigenvalue weighted by Gasteiger charge is 2.33. The summed E-state index contributed by atoms with van der Waals surface area (Å²) in [5.41, 5.74) is -0.249. The fourth-order valence-electron chi connectivity index (χ4n) is 1.66. The quantitative estimate of drug-likeness (QED) is 0.602. The molecule has 1 heterocycles. The van der Waals surface area contributed by atoms with Crippen LogP contribution < -0.4 is 5.32 Å². The van der Waals surface area contributed by atoms with E-state index in [9.17, 15) is 4.79 Å². The molecular formula is C11H23NO3Si. The van der Waals surface area contributed by atoms with E-state index < -0.39 is 9.04 Å². The summed E-state index contributed by atoms with van der Waals surface area (Å²) in [5, 5.41) is 2.92. The molecule has 1 amide bonds. The van der Waals surface area contributed by atoms with Crippen molar-refractivity contribution in [1.29, 1.82) is 0 Å². The maximum atomic E-state index is 11.2. The van der Waals surface area contributed by atoms with Crippen molar-refractivity contribution < 1.29 is 14.0 Å². The molecule has 0 aliphatic carbocycles. The van der Waals surface area contributed by atoms with E-state index in [2.05, 4.69) is 18.4 Å². The van der Waals surface area contributed by atoms with Gasteiger partial charge in [-0.2, -0.15) is 0 Å². The van der Waals surface area contributed by atoms with Crippen LogP contribution in [0.5, 0.6) is 0 Å². The number of rotatable bonds is 4. The van der Waals surface area contributed by atoms with Gasteiger partial charge >= 0.3 is 0 Å². The Bertz CT molecular complexity index is 250. The van der Waals surface area contributed by atoms with Crippen molar-refractivity contribution in [1.82, 2.24) is 5.32 Å². The van der Waals surface area contributed by atoms with Gasteiger partial charge in [-0.05, 0) is 40.3 Å². The molecule has 1 fully saturated rings. The highest BCUT2D eigenvalue weighted by molar-refractivity contribution is 6.48. The van der Waals surface area contributed by atoms with Crippen molar-refractivity contribution in [2.24, 2.45) is 0 Å². The number of hydrogen-bond donors (Lipinski definition) is 1. The summed E-state index contributed by atoms with van der Waals surface area (Å²) < 4.78 is 11.7. The molecule has 0 spiro atoms. The van der Waals surface area contributed by atoms with E-state index in [0.29, 0.717) is 6.42 Å². The summed E-state index contributed by atoms with van der Waals surface area (Å²) in [7, 11) is -1.17. The first-order chi connectivity index (χ1) is 7.28. The monoisotopic (exact) mass is 245 g/mol. The molecule has 1 unspecified atom stereocenters. The summed E-state index contributed by atoms with van der Waals surface area (Å²) >= 11 is 0. The van der Waals surface area contributed by atoms with Gasteiger partial charge in [0.1, 0.15) is 0 Å². The molecule has 5 heteroatoms. The zero-order valence-corrected chi connectivity index (χ0v) is 12.0. The third kappa shape index (κ3) is 4.63. The average Bonchev–Trinajstić information content (AvgIpc) is 2.47. The van der Waals surface area contributed by atoms with Gasteiger partial charge in [-0.3, -0.25) is 4.79 Å². The fourth-order valence-corrected chi connectivity index (χ4v) is 2.45. The summed E-state index contributed by atoms with van der Waals surface area (Å²) in [5.74, 6) is 0.0986. The molecule has 1 aliphatic heterocycles. The Morgan fingerprint density at radius 1 is 1.44 bits per heavy atom. The third-order valence-electron chi connectivity index (χ3n) is 2.23. The molecule has 4 nitrogen and oxygen atoms in total. The first-order valence-corrected chi connectivity index (χ1v) is 8.68. The lowest BCUT2D eigenvalue weighted by Gasteiger charge is -2.32. The number of ether oxygens (including phenoxy) is 1. The molecule has 0 aromatic heterocycles. The minimum atomic E-state index is -1.17. The fraction of sp³-hybridized carbons (Fsp3) is 0.909. The lowest BCUT2D eigenvalue weighted by molar-refractivity contribution is -0.166. The highest BCUT2D eigenvalue weighted by atomic mass is 28.3. The lowest BCUT2D eigenvalue weighted by Crippen LogP contribution is -2.45. The molecule has 2 atom stereocenters. The van der Waals surface area contributed by atoms with E-state index in [0.717, 1.165) is 6.42 Å². The zero-order valence-electron chi connectivity index (χ0n) is 10.9. The second kappa shape index (κ2) is 5.29. The largest absolute Gasteiger partial charge is 0.395 e. The number of nitrogens with one attached hydrogen (secondary N) is 1. The van der Waals surface area contributed by atoms with Crippen molar-refractivity contribution in [3.8, 4) is 0 Å². The van der Waals surface area contributed by atoms with Crippen LogP contribution in [0.15, 0.2) is 0 Å². The van der Waals surface area contributed by atoms with Gasteiger partial charge in [-0.15, -0.1) is 0 Å². The van der Waals surface area contributed by atoms with Gasteiger partial charge in [-0.25, -0.2) is 0 Å². The van der Waals surface area contributed by atoms with Gasteiger partial charge < -0.3 is 14.5 Å². The van der Waals surface area contributed by atoms with Crippen molar-refractivity contribution in [2.75, 3.05) is 0 Å². The lowest BCUT2D eigenvalue weighted by atomic mass is 10.1. The first-order valence-electron chi connectivity index (χ1n) is 5.90. The Hall–Kier alpha value is -0.393. The molecule has 1 rings (SSSR count). The Balaban J connectivity index is 2.60. The SMILES string of the molecule is C[SiH](C)OC(OC(C)(C)C)[C@H]1CCC(=O)N1. The van der Waals surface area contributed by atoms with Gasteiger partial charge in [0.25, 0.3) is 0 Å². The van der Waals surface area contributed by atoms with E-state index in [1.165, 1.54) is 0 Å². The van der Waals surface area contributed by atoms with Crippen LogP contribution in [0.2, 0.25) is 13.1 Å². The third-order valence-corrected chi connectivity index (χ3v) is 3.05. The molecule has 16 heavy (non-hydrogen) atoms. The van der Waals surface area contributed by atoms with Crippen LogP contribution in [0.1, 0.15) is 33.6 Å². The second-order valence-corrected chi connectivity index (χ2v) is 7.87. The number of hydrogen-bond acceptors (Lipinski definition) is 3. The predicted octanol–water partition coefficient (Wildman–Crippen LogP) is 1.41. The topological polar surface area (TPSA) is 47.6 Å². The molecule has 0 saturated carbocycles. The van der Waals surface area contributed by atoms with Crippen LogP contribution in [-0.4, -0.2) is 32.9 Å². The number of amides is 1. The molecule has 0 radical (unpaired) electrons. The van der Waals surface area contributed by atoms with E-state index in [1.54, 1.807) is 0 Å². The molecular weight excluding hydrogens is 222 g/mol.